The van der Waals surface area contributed by atoms with Gasteiger partial charge in [0, 0.05) is 12.0 Å². The van der Waals surface area contributed by atoms with Gasteiger partial charge in [0.15, 0.2) is 0 Å². The van der Waals surface area contributed by atoms with Crippen LogP contribution in [0.4, 0.5) is 0 Å². The molecule has 20 heavy (non-hydrogen) atoms. The van der Waals surface area contributed by atoms with E-state index in [-0.39, 0.29) is 6.54 Å². The largest absolute Gasteiger partial charge is 0.389 e. The minimum atomic E-state index is -3.54. The maximum atomic E-state index is 11.8. The average Bonchev–Trinajstić information content (AvgIpc) is 2.43. The molecule has 1 rings (SSSR count). The molecule has 0 aromatic heterocycles. The van der Waals surface area contributed by atoms with E-state index >= 15 is 0 Å². The van der Waals surface area contributed by atoms with Crippen LogP contribution < -0.4 is 4.72 Å². The van der Waals surface area contributed by atoms with Gasteiger partial charge in [0.1, 0.15) is 0 Å². The van der Waals surface area contributed by atoms with Crippen LogP contribution in [-0.4, -0.2) is 37.7 Å². The van der Waals surface area contributed by atoms with Gasteiger partial charge in [0.2, 0.25) is 10.0 Å². The molecule has 0 amide bonds. The number of aliphatic hydroxyl groups is 1. The van der Waals surface area contributed by atoms with Crippen molar-refractivity contribution in [2.45, 2.75) is 18.9 Å². The zero-order chi connectivity index (χ0) is 15.1. The fourth-order valence-electron chi connectivity index (χ4n) is 1.45. The molecule has 0 saturated heterocycles. The zero-order valence-electron chi connectivity index (χ0n) is 11.7. The van der Waals surface area contributed by atoms with E-state index in [1.165, 1.54) is 6.08 Å². The predicted molar refractivity (Wildman–Crippen MR) is 86.0 cm³/mol. The molecule has 0 aliphatic rings. The van der Waals surface area contributed by atoms with Crippen molar-refractivity contribution in [1.29, 1.82) is 0 Å². The van der Waals surface area contributed by atoms with Crippen LogP contribution in [-0.2, 0) is 10.0 Å². The van der Waals surface area contributed by atoms with Crippen LogP contribution in [0.1, 0.15) is 18.9 Å². The van der Waals surface area contributed by atoms with E-state index in [1.54, 1.807) is 18.7 Å². The second-order valence-corrected chi connectivity index (χ2v) is 7.46. The molecule has 0 spiro atoms. The highest BCUT2D eigenvalue weighted by Gasteiger charge is 2.21. The van der Waals surface area contributed by atoms with Gasteiger partial charge in [-0.3, -0.25) is 0 Å². The highest BCUT2D eigenvalue weighted by molar-refractivity contribution is 7.98. The van der Waals surface area contributed by atoms with Gasteiger partial charge >= 0.3 is 0 Å². The summed E-state index contributed by atoms with van der Waals surface area (Å²) in [5, 5.41) is 11.1. The van der Waals surface area contributed by atoms with Gasteiger partial charge in [-0.1, -0.05) is 30.3 Å². The van der Waals surface area contributed by atoms with E-state index in [1.807, 2.05) is 36.6 Å². The normalized spacial score (nSPS) is 15.3. The third kappa shape index (κ3) is 7.09. The highest BCUT2D eigenvalue weighted by Crippen LogP contribution is 2.12. The lowest BCUT2D eigenvalue weighted by molar-refractivity contribution is 0.0627. The Morgan fingerprint density at radius 1 is 1.35 bits per heavy atom. The summed E-state index contributed by atoms with van der Waals surface area (Å²) in [5.41, 5.74) is -0.219. The van der Waals surface area contributed by atoms with Gasteiger partial charge in [-0.2, -0.15) is 11.8 Å². The fourth-order valence-corrected chi connectivity index (χ4v) is 3.04. The van der Waals surface area contributed by atoms with Crippen molar-refractivity contribution < 1.29 is 13.5 Å². The van der Waals surface area contributed by atoms with Gasteiger partial charge in [-0.15, -0.1) is 0 Å². The van der Waals surface area contributed by atoms with Crippen LogP contribution in [0.3, 0.4) is 0 Å². The SMILES string of the molecule is CSCC[C@@](C)(O)CNS(=O)(=O)/C=C/c1ccccc1. The minimum Gasteiger partial charge on any atom is -0.389 e. The molecule has 0 heterocycles. The Hall–Kier alpha value is -0.820. The molecule has 2 N–H and O–H groups in total. The van der Waals surface area contributed by atoms with E-state index in [4.69, 9.17) is 0 Å². The van der Waals surface area contributed by atoms with Crippen LogP contribution in [0.15, 0.2) is 35.7 Å². The van der Waals surface area contributed by atoms with Crippen molar-refractivity contribution in [2.75, 3.05) is 18.6 Å². The van der Waals surface area contributed by atoms with Gasteiger partial charge in [-0.05, 0) is 37.0 Å². The van der Waals surface area contributed by atoms with E-state index in [0.717, 1.165) is 16.7 Å². The summed E-state index contributed by atoms with van der Waals surface area (Å²) in [6, 6.07) is 9.19. The lowest BCUT2D eigenvalue weighted by Gasteiger charge is -2.22. The maximum absolute atomic E-state index is 11.8. The summed E-state index contributed by atoms with van der Waals surface area (Å²) in [6.07, 6.45) is 4.01. The second kappa shape index (κ2) is 7.83. The number of hydrogen-bond donors (Lipinski definition) is 2. The molecular weight excluding hydrogens is 294 g/mol. The molecule has 0 saturated carbocycles. The highest BCUT2D eigenvalue weighted by atomic mass is 32.2. The molecule has 0 radical (unpaired) electrons. The van der Waals surface area contributed by atoms with Crippen molar-refractivity contribution in [1.82, 2.24) is 4.72 Å². The maximum Gasteiger partial charge on any atom is 0.233 e. The summed E-state index contributed by atoms with van der Waals surface area (Å²) in [7, 11) is -3.54. The first-order valence-electron chi connectivity index (χ1n) is 6.29. The Bertz CT molecular complexity index is 525. The van der Waals surface area contributed by atoms with Crippen molar-refractivity contribution >= 4 is 27.9 Å². The molecule has 0 unspecified atom stereocenters. The summed E-state index contributed by atoms with van der Waals surface area (Å²) in [5.74, 6) is 0.786. The number of sulfonamides is 1. The smallest absolute Gasteiger partial charge is 0.233 e. The molecule has 112 valence electrons. The number of rotatable bonds is 8. The third-order valence-corrected chi connectivity index (χ3v) is 4.39. The Balaban J connectivity index is 2.56. The summed E-state index contributed by atoms with van der Waals surface area (Å²) >= 11 is 1.62. The number of hydrogen-bond acceptors (Lipinski definition) is 4. The van der Waals surface area contributed by atoms with Crippen molar-refractivity contribution in [3.8, 4) is 0 Å². The predicted octanol–water partition coefficient (Wildman–Crippen LogP) is 2.08. The van der Waals surface area contributed by atoms with Crippen LogP contribution in [0, 0.1) is 0 Å². The van der Waals surface area contributed by atoms with Gasteiger partial charge < -0.3 is 5.11 Å². The zero-order valence-corrected chi connectivity index (χ0v) is 13.4. The Kier molecular flexibility index (Phi) is 6.75. The van der Waals surface area contributed by atoms with Gasteiger partial charge in [0.05, 0.1) is 5.60 Å². The van der Waals surface area contributed by atoms with Crippen molar-refractivity contribution in [2.24, 2.45) is 0 Å². The third-order valence-electron chi connectivity index (χ3n) is 2.74. The number of nitrogens with one attached hydrogen (secondary N) is 1. The molecule has 0 fully saturated rings. The molecule has 1 aromatic rings. The van der Waals surface area contributed by atoms with Crippen LogP contribution in [0.2, 0.25) is 0 Å². The van der Waals surface area contributed by atoms with E-state index in [0.29, 0.717) is 6.42 Å². The number of benzene rings is 1. The lowest BCUT2D eigenvalue weighted by atomic mass is 10.1. The second-order valence-electron chi connectivity index (χ2n) is 4.82. The quantitative estimate of drug-likeness (QED) is 0.771. The van der Waals surface area contributed by atoms with Crippen LogP contribution in [0.25, 0.3) is 6.08 Å². The molecule has 0 aliphatic heterocycles. The van der Waals surface area contributed by atoms with Crippen molar-refractivity contribution in [3.05, 3.63) is 41.3 Å². The molecular formula is C14H21NO3S2. The van der Waals surface area contributed by atoms with Gasteiger partial charge in [-0.25, -0.2) is 13.1 Å². The fraction of sp³-hybridized carbons (Fsp3) is 0.429. The summed E-state index contributed by atoms with van der Waals surface area (Å²) in [4.78, 5) is 0. The minimum absolute atomic E-state index is 0.00895. The van der Waals surface area contributed by atoms with Crippen LogP contribution in [0.5, 0.6) is 0 Å². The molecule has 0 aliphatic carbocycles. The summed E-state index contributed by atoms with van der Waals surface area (Å²) < 4.78 is 26.0. The molecule has 0 bridgehead atoms. The topological polar surface area (TPSA) is 66.4 Å². The monoisotopic (exact) mass is 315 g/mol. The van der Waals surface area contributed by atoms with Gasteiger partial charge in [0.25, 0.3) is 0 Å². The average molecular weight is 315 g/mol. The van der Waals surface area contributed by atoms with Crippen LogP contribution >= 0.6 is 11.8 Å². The first-order valence-corrected chi connectivity index (χ1v) is 9.23. The van der Waals surface area contributed by atoms with Crippen molar-refractivity contribution in [3.63, 3.8) is 0 Å². The first-order chi connectivity index (χ1) is 9.35. The Morgan fingerprint density at radius 3 is 2.60 bits per heavy atom. The molecule has 1 aromatic carbocycles. The standard InChI is InChI=1S/C14H21NO3S2/c1-14(16,9-10-19-2)12-15-20(17,18)11-8-13-6-4-3-5-7-13/h3-8,11,15-16H,9-10,12H2,1-2H3/b11-8+/t14-/m1/s1. The molecule has 4 nitrogen and oxygen atoms in total. The van der Waals surface area contributed by atoms with E-state index < -0.39 is 15.6 Å². The van der Waals surface area contributed by atoms with E-state index in [9.17, 15) is 13.5 Å². The summed E-state index contributed by atoms with van der Waals surface area (Å²) in [6.45, 7) is 1.64. The Morgan fingerprint density at radius 2 is 2.00 bits per heavy atom. The van der Waals surface area contributed by atoms with E-state index in [2.05, 4.69) is 4.72 Å². The Labute approximate surface area is 125 Å². The lowest BCUT2D eigenvalue weighted by Crippen LogP contribution is -2.40. The first kappa shape index (κ1) is 17.2. The molecule has 6 heteroatoms. The number of thioether (sulfide) groups is 1. The molecule has 1 atom stereocenters.